The van der Waals surface area contributed by atoms with Crippen LogP contribution in [-0.2, 0) is 11.2 Å². The first kappa shape index (κ1) is 8.78. The molecule has 1 aliphatic heterocycles. The van der Waals surface area contributed by atoms with Crippen LogP contribution in [0.4, 0.5) is 5.69 Å². The predicted octanol–water partition coefficient (Wildman–Crippen LogP) is 1.58. The van der Waals surface area contributed by atoms with Crippen LogP contribution in [0.1, 0.15) is 4.88 Å². The topological polar surface area (TPSA) is 73.1 Å². The van der Waals surface area contributed by atoms with Gasteiger partial charge in [0.15, 0.2) is 5.57 Å². The highest BCUT2D eigenvalue weighted by Gasteiger charge is 2.22. The Hall–Kier alpha value is -1.80. The molecule has 0 bridgehead atoms. The van der Waals surface area contributed by atoms with Crippen molar-refractivity contribution in [3.63, 3.8) is 0 Å². The van der Waals surface area contributed by atoms with Crippen LogP contribution in [0.25, 0.3) is 0 Å². The van der Waals surface area contributed by atoms with Crippen LogP contribution in [0.5, 0.6) is 0 Å². The molecular weight excluding hydrogens is 200 g/mol. The van der Waals surface area contributed by atoms with Crippen molar-refractivity contribution in [3.05, 3.63) is 27.7 Å². The van der Waals surface area contributed by atoms with Crippen LogP contribution in [0.3, 0.4) is 0 Å². The van der Waals surface area contributed by atoms with Gasteiger partial charge in [-0.1, -0.05) is 0 Å². The summed E-state index contributed by atoms with van der Waals surface area (Å²) in [7, 11) is 0. The largest absolute Gasteiger partial charge is 0.510 e. The number of allylic oxidation sites excluding steroid dienone is 1. The van der Waals surface area contributed by atoms with Crippen molar-refractivity contribution >= 4 is 22.9 Å². The molecule has 0 unspecified atom stereocenters. The Balaban J connectivity index is 2.50. The minimum absolute atomic E-state index is 0.161. The fraction of sp³-hybridized carbons (Fsp3) is 0.111. The standard InChI is InChI=1S/C9H6N2O2S/c10-4-5-7(12)3-8-6(1-2-14-8)11-9(5)13/h1-2,12H,3H2,(H,11,13). The van der Waals surface area contributed by atoms with Gasteiger partial charge >= 0.3 is 0 Å². The van der Waals surface area contributed by atoms with E-state index in [9.17, 15) is 9.90 Å². The number of hydrogen-bond acceptors (Lipinski definition) is 4. The van der Waals surface area contributed by atoms with Gasteiger partial charge in [0.25, 0.3) is 5.91 Å². The zero-order valence-electron chi connectivity index (χ0n) is 7.07. The van der Waals surface area contributed by atoms with Crippen LogP contribution in [0.2, 0.25) is 0 Å². The molecule has 70 valence electrons. The van der Waals surface area contributed by atoms with E-state index in [0.717, 1.165) is 4.88 Å². The maximum atomic E-state index is 11.4. The average Bonchev–Trinajstić information content (AvgIpc) is 2.49. The third-order valence-electron chi connectivity index (χ3n) is 1.95. The molecule has 0 fully saturated rings. The minimum Gasteiger partial charge on any atom is -0.510 e. The molecule has 0 spiro atoms. The number of nitrogens with zero attached hydrogens (tertiary/aromatic N) is 1. The van der Waals surface area contributed by atoms with Gasteiger partial charge in [-0.3, -0.25) is 4.79 Å². The van der Waals surface area contributed by atoms with Gasteiger partial charge in [0.2, 0.25) is 0 Å². The number of nitriles is 1. The first-order valence-corrected chi connectivity index (χ1v) is 4.80. The molecular formula is C9H6N2O2S. The van der Waals surface area contributed by atoms with E-state index in [4.69, 9.17) is 5.26 Å². The van der Waals surface area contributed by atoms with E-state index < -0.39 is 5.91 Å². The van der Waals surface area contributed by atoms with Crippen molar-refractivity contribution in [1.29, 1.82) is 5.26 Å². The summed E-state index contributed by atoms with van der Waals surface area (Å²) < 4.78 is 0. The van der Waals surface area contributed by atoms with E-state index >= 15 is 0 Å². The Morgan fingerprint density at radius 2 is 2.43 bits per heavy atom. The summed E-state index contributed by atoms with van der Waals surface area (Å²) in [5.74, 6) is -0.701. The van der Waals surface area contributed by atoms with Gasteiger partial charge in [-0.05, 0) is 11.4 Å². The summed E-state index contributed by atoms with van der Waals surface area (Å²) in [5, 5.41) is 22.5. The number of carbonyl (C=O) groups excluding carboxylic acids is 1. The predicted molar refractivity (Wildman–Crippen MR) is 51.9 cm³/mol. The lowest BCUT2D eigenvalue weighted by atomic mass is 10.2. The summed E-state index contributed by atoms with van der Waals surface area (Å²) in [6.45, 7) is 0. The number of hydrogen-bond donors (Lipinski definition) is 2. The van der Waals surface area contributed by atoms with E-state index in [1.54, 1.807) is 12.1 Å². The molecule has 4 nitrogen and oxygen atoms in total. The van der Waals surface area contributed by atoms with E-state index in [2.05, 4.69) is 5.32 Å². The second kappa shape index (κ2) is 3.16. The van der Waals surface area contributed by atoms with Gasteiger partial charge in [0.1, 0.15) is 11.8 Å². The highest BCUT2D eigenvalue weighted by molar-refractivity contribution is 7.10. The Kier molecular flexibility index (Phi) is 1.98. The van der Waals surface area contributed by atoms with Crippen LogP contribution in [-0.4, -0.2) is 11.0 Å². The molecule has 1 aliphatic rings. The van der Waals surface area contributed by atoms with Crippen molar-refractivity contribution in [2.45, 2.75) is 6.42 Å². The lowest BCUT2D eigenvalue weighted by molar-refractivity contribution is -0.112. The highest BCUT2D eigenvalue weighted by Crippen LogP contribution is 2.28. The van der Waals surface area contributed by atoms with Crippen molar-refractivity contribution in [2.75, 3.05) is 5.32 Å². The highest BCUT2D eigenvalue weighted by atomic mass is 32.1. The molecule has 0 atom stereocenters. The molecule has 0 aliphatic carbocycles. The maximum Gasteiger partial charge on any atom is 0.269 e. The van der Waals surface area contributed by atoms with Crippen molar-refractivity contribution in [1.82, 2.24) is 0 Å². The van der Waals surface area contributed by atoms with E-state index in [0.29, 0.717) is 5.69 Å². The Bertz CT molecular complexity index is 467. The van der Waals surface area contributed by atoms with Gasteiger partial charge in [-0.15, -0.1) is 11.3 Å². The lowest BCUT2D eigenvalue weighted by Crippen LogP contribution is -2.13. The summed E-state index contributed by atoms with van der Waals surface area (Å²) >= 11 is 1.44. The fourth-order valence-electron chi connectivity index (χ4n) is 1.26. The maximum absolute atomic E-state index is 11.4. The van der Waals surface area contributed by atoms with Gasteiger partial charge in [0, 0.05) is 11.3 Å². The summed E-state index contributed by atoms with van der Waals surface area (Å²) in [6.07, 6.45) is 0.245. The summed E-state index contributed by atoms with van der Waals surface area (Å²) in [4.78, 5) is 12.2. The number of rotatable bonds is 0. The van der Waals surface area contributed by atoms with E-state index in [1.807, 2.05) is 5.38 Å². The minimum atomic E-state index is -0.540. The lowest BCUT2D eigenvalue weighted by Gasteiger charge is -1.98. The molecule has 2 heterocycles. The Morgan fingerprint density at radius 3 is 3.14 bits per heavy atom. The number of anilines is 1. The van der Waals surface area contributed by atoms with Crippen molar-refractivity contribution in [3.8, 4) is 6.07 Å². The summed E-state index contributed by atoms with van der Waals surface area (Å²) in [5.41, 5.74) is 0.477. The number of fused-ring (bicyclic) bond motifs is 1. The normalized spacial score (nSPS) is 15.5. The molecule has 14 heavy (non-hydrogen) atoms. The van der Waals surface area contributed by atoms with Gasteiger partial charge in [-0.2, -0.15) is 5.26 Å². The van der Waals surface area contributed by atoms with Crippen LogP contribution < -0.4 is 5.32 Å². The molecule has 2 rings (SSSR count). The summed E-state index contributed by atoms with van der Waals surface area (Å²) in [6, 6.07) is 3.45. The quantitative estimate of drug-likeness (QED) is 0.676. The molecule has 2 N–H and O–H groups in total. The number of carbonyl (C=O) groups is 1. The van der Waals surface area contributed by atoms with Crippen LogP contribution >= 0.6 is 11.3 Å². The van der Waals surface area contributed by atoms with Crippen molar-refractivity contribution in [2.24, 2.45) is 0 Å². The molecule has 1 amide bonds. The zero-order valence-corrected chi connectivity index (χ0v) is 7.89. The van der Waals surface area contributed by atoms with E-state index in [-0.39, 0.29) is 17.8 Å². The molecule has 0 aromatic carbocycles. The average molecular weight is 206 g/mol. The molecule has 0 saturated carbocycles. The molecule has 1 aromatic heterocycles. The van der Waals surface area contributed by atoms with E-state index in [1.165, 1.54) is 11.3 Å². The molecule has 1 aromatic rings. The zero-order chi connectivity index (χ0) is 10.1. The van der Waals surface area contributed by atoms with Gasteiger partial charge in [-0.25, -0.2) is 0 Å². The van der Waals surface area contributed by atoms with Crippen molar-refractivity contribution < 1.29 is 9.90 Å². The number of aliphatic hydroxyl groups is 1. The SMILES string of the molecule is N#CC1=C(O)Cc2sccc2NC1=O. The first-order valence-electron chi connectivity index (χ1n) is 3.92. The monoisotopic (exact) mass is 206 g/mol. The third kappa shape index (κ3) is 1.26. The molecule has 0 saturated heterocycles. The molecule has 0 radical (unpaired) electrons. The number of aliphatic hydroxyl groups excluding tert-OH is 1. The smallest absolute Gasteiger partial charge is 0.269 e. The van der Waals surface area contributed by atoms with Gasteiger partial charge in [0.05, 0.1) is 5.69 Å². The number of nitrogens with one attached hydrogen (secondary N) is 1. The third-order valence-corrected chi connectivity index (χ3v) is 2.87. The Morgan fingerprint density at radius 1 is 1.64 bits per heavy atom. The number of thiophene rings is 1. The fourth-order valence-corrected chi connectivity index (χ4v) is 2.10. The Labute approximate surface area is 84.1 Å². The van der Waals surface area contributed by atoms with Gasteiger partial charge < -0.3 is 10.4 Å². The first-order chi connectivity index (χ1) is 6.72. The van der Waals surface area contributed by atoms with Crippen LogP contribution in [0.15, 0.2) is 22.8 Å². The second-order valence-electron chi connectivity index (χ2n) is 2.82. The van der Waals surface area contributed by atoms with Crippen LogP contribution in [0, 0.1) is 11.3 Å². The molecule has 5 heteroatoms. The second-order valence-corrected chi connectivity index (χ2v) is 3.82. The number of amides is 1.